The number of ketones is 1. The minimum absolute atomic E-state index is 0.104. The lowest BCUT2D eigenvalue weighted by atomic mass is 9.79. The van der Waals surface area contributed by atoms with Crippen molar-refractivity contribution in [1.82, 2.24) is 0 Å². The van der Waals surface area contributed by atoms with Crippen LogP contribution in [0.4, 0.5) is 0 Å². The van der Waals surface area contributed by atoms with Crippen LogP contribution in [0.15, 0.2) is 18.2 Å². The molecule has 0 fully saturated rings. The fourth-order valence-corrected chi connectivity index (χ4v) is 2.22. The Balaban J connectivity index is 2.77. The van der Waals surface area contributed by atoms with Crippen molar-refractivity contribution >= 4 is 5.78 Å². The Labute approximate surface area is 110 Å². The molecule has 0 saturated carbocycles. The van der Waals surface area contributed by atoms with E-state index in [9.17, 15) is 4.79 Å². The molecule has 0 spiro atoms. The van der Waals surface area contributed by atoms with Crippen LogP contribution in [0.1, 0.15) is 51.2 Å². The lowest BCUT2D eigenvalue weighted by molar-refractivity contribution is -0.117. The van der Waals surface area contributed by atoms with E-state index < -0.39 is 0 Å². The first-order valence-corrected chi connectivity index (χ1v) is 6.51. The van der Waals surface area contributed by atoms with E-state index in [4.69, 9.17) is 4.74 Å². The number of benzene rings is 1. The Morgan fingerprint density at radius 3 is 2.50 bits per heavy atom. The van der Waals surface area contributed by atoms with Gasteiger partial charge in [0.15, 0.2) is 0 Å². The molecule has 2 heteroatoms. The van der Waals surface area contributed by atoms with E-state index in [1.165, 1.54) is 5.56 Å². The molecule has 100 valence electrons. The summed E-state index contributed by atoms with van der Waals surface area (Å²) in [6.07, 6.45) is 2.66. The van der Waals surface area contributed by atoms with E-state index in [0.29, 0.717) is 6.42 Å². The van der Waals surface area contributed by atoms with Crippen LogP contribution in [-0.2, 0) is 10.2 Å². The Morgan fingerprint density at radius 1 is 1.33 bits per heavy atom. The van der Waals surface area contributed by atoms with Crippen molar-refractivity contribution in [3.63, 3.8) is 0 Å². The lowest BCUT2D eigenvalue weighted by Gasteiger charge is -2.26. The quantitative estimate of drug-likeness (QED) is 0.759. The maximum atomic E-state index is 11.0. The molecule has 0 saturated heterocycles. The van der Waals surface area contributed by atoms with Gasteiger partial charge in [0, 0.05) is 6.42 Å². The van der Waals surface area contributed by atoms with Crippen LogP contribution in [-0.4, -0.2) is 12.9 Å². The maximum Gasteiger partial charge on any atom is 0.129 e. The van der Waals surface area contributed by atoms with Gasteiger partial charge in [-0.05, 0) is 49.3 Å². The zero-order chi connectivity index (χ0) is 13.8. The summed E-state index contributed by atoms with van der Waals surface area (Å²) < 4.78 is 5.28. The summed E-state index contributed by atoms with van der Waals surface area (Å²) in [6, 6.07) is 6.34. The smallest absolute Gasteiger partial charge is 0.129 e. The molecular weight excluding hydrogens is 224 g/mol. The molecule has 1 aromatic carbocycles. The number of hydrogen-bond donors (Lipinski definition) is 0. The molecule has 2 nitrogen and oxygen atoms in total. The van der Waals surface area contributed by atoms with Crippen LogP contribution in [0.25, 0.3) is 0 Å². The van der Waals surface area contributed by atoms with Gasteiger partial charge in [0.25, 0.3) is 0 Å². The summed E-state index contributed by atoms with van der Waals surface area (Å²) in [5.41, 5.74) is 2.57. The zero-order valence-corrected chi connectivity index (χ0v) is 12.2. The predicted molar refractivity (Wildman–Crippen MR) is 75.3 cm³/mol. The van der Waals surface area contributed by atoms with Crippen molar-refractivity contribution < 1.29 is 9.53 Å². The average molecular weight is 248 g/mol. The van der Waals surface area contributed by atoms with Crippen LogP contribution in [0.2, 0.25) is 0 Å². The summed E-state index contributed by atoms with van der Waals surface area (Å²) in [6.45, 7) is 8.18. The first-order chi connectivity index (χ1) is 8.36. The summed E-state index contributed by atoms with van der Waals surface area (Å²) in [4.78, 5) is 11.0. The highest BCUT2D eigenvalue weighted by molar-refractivity contribution is 5.75. The van der Waals surface area contributed by atoms with Crippen LogP contribution in [0, 0.1) is 6.92 Å². The number of rotatable bonds is 6. The Morgan fingerprint density at radius 2 is 2.00 bits per heavy atom. The first-order valence-electron chi connectivity index (χ1n) is 6.51. The zero-order valence-electron chi connectivity index (χ0n) is 12.2. The van der Waals surface area contributed by atoms with Crippen molar-refractivity contribution in [2.24, 2.45) is 0 Å². The third-order valence-electron chi connectivity index (χ3n) is 3.51. The molecule has 0 heterocycles. The van der Waals surface area contributed by atoms with Crippen molar-refractivity contribution in [1.29, 1.82) is 0 Å². The molecule has 0 atom stereocenters. The largest absolute Gasteiger partial charge is 0.496 e. The van der Waals surface area contributed by atoms with Crippen molar-refractivity contribution in [3.8, 4) is 5.75 Å². The first kappa shape index (κ1) is 14.7. The van der Waals surface area contributed by atoms with Gasteiger partial charge in [-0.2, -0.15) is 0 Å². The number of carbonyl (C=O) groups is 1. The highest BCUT2D eigenvalue weighted by Gasteiger charge is 2.21. The number of carbonyl (C=O) groups excluding carboxylic acids is 1. The average Bonchev–Trinajstić information content (AvgIpc) is 2.28. The van der Waals surface area contributed by atoms with E-state index in [0.717, 1.165) is 24.2 Å². The van der Waals surface area contributed by atoms with E-state index in [-0.39, 0.29) is 11.2 Å². The van der Waals surface area contributed by atoms with E-state index in [1.807, 2.05) is 6.07 Å². The minimum Gasteiger partial charge on any atom is -0.496 e. The molecule has 0 unspecified atom stereocenters. The van der Waals surface area contributed by atoms with Gasteiger partial charge < -0.3 is 9.53 Å². The molecule has 0 aliphatic heterocycles. The van der Waals surface area contributed by atoms with Gasteiger partial charge in [0.05, 0.1) is 7.11 Å². The standard InChI is InChI=1S/C16H24O2/c1-12-11-14(8-9-15(12)18-5)16(3,4)10-6-7-13(2)17/h8-9,11H,6-7,10H2,1-5H3. The highest BCUT2D eigenvalue weighted by Crippen LogP contribution is 2.31. The number of hydrogen-bond acceptors (Lipinski definition) is 2. The molecule has 18 heavy (non-hydrogen) atoms. The van der Waals surface area contributed by atoms with E-state index in [1.54, 1.807) is 14.0 Å². The van der Waals surface area contributed by atoms with Crippen LogP contribution in [0.5, 0.6) is 5.75 Å². The van der Waals surface area contributed by atoms with Crippen LogP contribution in [0.3, 0.4) is 0 Å². The molecule has 1 rings (SSSR count). The van der Waals surface area contributed by atoms with Gasteiger partial charge in [-0.25, -0.2) is 0 Å². The summed E-state index contributed by atoms with van der Waals surface area (Å²) >= 11 is 0. The molecule has 0 amide bonds. The topological polar surface area (TPSA) is 26.3 Å². The summed E-state index contributed by atoms with van der Waals surface area (Å²) in [5.74, 6) is 1.20. The summed E-state index contributed by atoms with van der Waals surface area (Å²) in [7, 11) is 1.69. The van der Waals surface area contributed by atoms with Crippen molar-refractivity contribution in [2.75, 3.05) is 7.11 Å². The minimum atomic E-state index is 0.104. The normalized spacial score (nSPS) is 11.4. The number of Topliss-reactive ketones (excluding diaryl/α,β-unsaturated/α-hetero) is 1. The maximum absolute atomic E-state index is 11.0. The molecular formula is C16H24O2. The van der Waals surface area contributed by atoms with Crippen LogP contribution < -0.4 is 4.74 Å². The Kier molecular flexibility index (Phi) is 4.94. The molecule has 0 N–H and O–H groups in total. The molecule has 0 bridgehead atoms. The SMILES string of the molecule is COc1ccc(C(C)(C)CCCC(C)=O)cc1C. The second kappa shape index (κ2) is 6.03. The second-order valence-electron chi connectivity index (χ2n) is 5.62. The van der Waals surface area contributed by atoms with Crippen molar-refractivity contribution in [3.05, 3.63) is 29.3 Å². The predicted octanol–water partition coefficient (Wildman–Crippen LogP) is 4.04. The third kappa shape index (κ3) is 3.86. The lowest BCUT2D eigenvalue weighted by Crippen LogP contribution is -2.17. The highest BCUT2D eigenvalue weighted by atomic mass is 16.5. The molecule has 1 aromatic rings. The van der Waals surface area contributed by atoms with Gasteiger partial charge in [0.1, 0.15) is 11.5 Å². The third-order valence-corrected chi connectivity index (χ3v) is 3.51. The number of ether oxygens (including phenoxy) is 1. The summed E-state index contributed by atoms with van der Waals surface area (Å²) in [5, 5.41) is 0. The van der Waals surface area contributed by atoms with Crippen molar-refractivity contribution in [2.45, 2.75) is 52.4 Å². The Bertz CT molecular complexity index is 419. The number of methoxy groups -OCH3 is 1. The van der Waals surface area contributed by atoms with Gasteiger partial charge in [-0.3, -0.25) is 0 Å². The van der Waals surface area contributed by atoms with Gasteiger partial charge in [-0.15, -0.1) is 0 Å². The molecule has 0 aliphatic rings. The van der Waals surface area contributed by atoms with Gasteiger partial charge in [0.2, 0.25) is 0 Å². The van der Waals surface area contributed by atoms with E-state index >= 15 is 0 Å². The Hall–Kier alpha value is -1.31. The van der Waals surface area contributed by atoms with E-state index in [2.05, 4.69) is 32.9 Å². The van der Waals surface area contributed by atoms with Gasteiger partial charge >= 0.3 is 0 Å². The van der Waals surface area contributed by atoms with Crippen LogP contribution >= 0.6 is 0 Å². The second-order valence-corrected chi connectivity index (χ2v) is 5.62. The van der Waals surface area contributed by atoms with Gasteiger partial charge in [-0.1, -0.05) is 26.0 Å². The fourth-order valence-electron chi connectivity index (χ4n) is 2.22. The fraction of sp³-hybridized carbons (Fsp3) is 0.562. The molecule has 0 aromatic heterocycles. The molecule has 0 radical (unpaired) electrons. The monoisotopic (exact) mass is 248 g/mol. The number of aryl methyl sites for hydroxylation is 1. The molecule has 0 aliphatic carbocycles.